The first kappa shape index (κ1) is 13.9. The van der Waals surface area contributed by atoms with Crippen molar-refractivity contribution >= 4 is 5.91 Å². The molecule has 0 aliphatic carbocycles. The number of nitrogens with one attached hydrogen (secondary N) is 1. The topological polar surface area (TPSA) is 49.0 Å². The summed E-state index contributed by atoms with van der Waals surface area (Å²) >= 11 is 0. The first-order chi connectivity index (χ1) is 10.3. The van der Waals surface area contributed by atoms with E-state index in [4.69, 9.17) is 0 Å². The van der Waals surface area contributed by atoms with Gasteiger partial charge < -0.3 is 9.88 Å². The van der Waals surface area contributed by atoms with Crippen LogP contribution < -0.4 is 0 Å². The first-order valence-electron chi connectivity index (χ1n) is 7.64. The second kappa shape index (κ2) is 6.57. The Balaban J connectivity index is 1.47. The maximum absolute atomic E-state index is 12.3. The number of H-pyrrole nitrogens is 1. The quantitative estimate of drug-likeness (QED) is 0.938. The summed E-state index contributed by atoms with van der Waals surface area (Å²) in [6.45, 7) is 1.69. The third kappa shape index (κ3) is 3.51. The minimum atomic E-state index is 0.275. The number of aromatic nitrogens is 2. The molecular weight excluding hydrogens is 262 g/mol. The Morgan fingerprint density at radius 3 is 2.67 bits per heavy atom. The van der Waals surface area contributed by atoms with Crippen molar-refractivity contribution < 1.29 is 4.79 Å². The van der Waals surface area contributed by atoms with E-state index in [9.17, 15) is 4.79 Å². The summed E-state index contributed by atoms with van der Waals surface area (Å²) < 4.78 is 0. The number of aromatic amines is 1. The number of nitrogens with zero attached hydrogens (tertiary/aromatic N) is 2. The van der Waals surface area contributed by atoms with Gasteiger partial charge in [0.15, 0.2) is 0 Å². The number of likely N-dealkylation sites (tertiary alicyclic amines) is 1. The van der Waals surface area contributed by atoms with Crippen LogP contribution in [0.1, 0.15) is 36.6 Å². The monoisotopic (exact) mass is 283 g/mol. The fraction of sp³-hybridized carbons (Fsp3) is 0.412. The number of benzene rings is 1. The van der Waals surface area contributed by atoms with Gasteiger partial charge in [0, 0.05) is 37.8 Å². The highest BCUT2D eigenvalue weighted by atomic mass is 16.2. The molecule has 3 rings (SSSR count). The van der Waals surface area contributed by atoms with Gasteiger partial charge in [-0.05, 0) is 24.8 Å². The van der Waals surface area contributed by atoms with Gasteiger partial charge in [0.2, 0.25) is 5.91 Å². The lowest BCUT2D eigenvalue weighted by atomic mass is 9.96. The third-order valence-electron chi connectivity index (χ3n) is 4.22. The SMILES string of the molecule is O=C(CCc1ccccc1)N1CCC(c2ncc[nH]2)CC1. The molecule has 0 saturated carbocycles. The van der Waals surface area contributed by atoms with Gasteiger partial charge >= 0.3 is 0 Å². The van der Waals surface area contributed by atoms with Crippen molar-refractivity contribution in [2.24, 2.45) is 0 Å². The van der Waals surface area contributed by atoms with E-state index in [1.54, 1.807) is 6.20 Å². The van der Waals surface area contributed by atoms with Crippen molar-refractivity contribution in [1.29, 1.82) is 0 Å². The van der Waals surface area contributed by atoms with E-state index in [-0.39, 0.29) is 5.91 Å². The molecular formula is C17H21N3O. The number of hydrogen-bond acceptors (Lipinski definition) is 2. The van der Waals surface area contributed by atoms with E-state index >= 15 is 0 Å². The van der Waals surface area contributed by atoms with E-state index < -0.39 is 0 Å². The van der Waals surface area contributed by atoms with Gasteiger partial charge in [-0.1, -0.05) is 30.3 Å². The molecule has 1 amide bonds. The zero-order chi connectivity index (χ0) is 14.5. The molecule has 0 unspecified atom stereocenters. The van der Waals surface area contributed by atoms with Gasteiger partial charge in [0.1, 0.15) is 5.82 Å². The zero-order valence-electron chi connectivity index (χ0n) is 12.2. The second-order valence-corrected chi connectivity index (χ2v) is 5.62. The molecule has 2 heterocycles. The molecule has 4 nitrogen and oxygen atoms in total. The van der Waals surface area contributed by atoms with E-state index in [1.165, 1.54) is 5.56 Å². The van der Waals surface area contributed by atoms with Crippen LogP contribution in [0.25, 0.3) is 0 Å². The lowest BCUT2D eigenvalue weighted by molar-refractivity contribution is -0.132. The lowest BCUT2D eigenvalue weighted by Gasteiger charge is -2.31. The summed E-state index contributed by atoms with van der Waals surface area (Å²) in [7, 11) is 0. The molecule has 1 aliphatic heterocycles. The second-order valence-electron chi connectivity index (χ2n) is 5.62. The Labute approximate surface area is 125 Å². The standard InChI is InChI=1S/C17H21N3O/c21-16(7-6-14-4-2-1-3-5-14)20-12-8-15(9-13-20)17-18-10-11-19-17/h1-5,10-11,15H,6-9,12-13H2,(H,18,19). The van der Waals surface area contributed by atoms with Gasteiger partial charge in [-0.3, -0.25) is 4.79 Å². The van der Waals surface area contributed by atoms with Crippen molar-refractivity contribution in [2.45, 2.75) is 31.6 Å². The van der Waals surface area contributed by atoms with Crippen LogP contribution in [0.3, 0.4) is 0 Å². The minimum Gasteiger partial charge on any atom is -0.348 e. The highest BCUT2D eigenvalue weighted by Crippen LogP contribution is 2.25. The van der Waals surface area contributed by atoms with Crippen LogP contribution in [0.5, 0.6) is 0 Å². The molecule has 1 saturated heterocycles. The van der Waals surface area contributed by atoms with Gasteiger partial charge in [-0.15, -0.1) is 0 Å². The predicted molar refractivity (Wildman–Crippen MR) is 81.9 cm³/mol. The van der Waals surface area contributed by atoms with Gasteiger partial charge in [0.05, 0.1) is 0 Å². The van der Waals surface area contributed by atoms with Crippen molar-refractivity contribution in [1.82, 2.24) is 14.9 Å². The summed E-state index contributed by atoms with van der Waals surface area (Å²) in [6, 6.07) is 10.2. The Morgan fingerprint density at radius 1 is 1.24 bits per heavy atom. The number of amides is 1. The van der Waals surface area contributed by atoms with E-state index in [1.807, 2.05) is 29.3 Å². The van der Waals surface area contributed by atoms with E-state index in [2.05, 4.69) is 22.1 Å². The van der Waals surface area contributed by atoms with Crippen LogP contribution in [0, 0.1) is 0 Å². The molecule has 1 aromatic carbocycles. The van der Waals surface area contributed by atoms with Crippen LogP contribution in [0.15, 0.2) is 42.7 Å². The van der Waals surface area contributed by atoms with Crippen molar-refractivity contribution in [2.75, 3.05) is 13.1 Å². The zero-order valence-corrected chi connectivity index (χ0v) is 12.2. The third-order valence-corrected chi connectivity index (χ3v) is 4.22. The number of hydrogen-bond donors (Lipinski definition) is 1. The Bertz CT molecular complexity index is 557. The van der Waals surface area contributed by atoms with Gasteiger partial charge in [0.25, 0.3) is 0 Å². The molecule has 0 atom stereocenters. The Morgan fingerprint density at radius 2 is 2.00 bits per heavy atom. The average molecular weight is 283 g/mol. The fourth-order valence-corrected chi connectivity index (χ4v) is 2.96. The number of rotatable bonds is 4. The number of piperidine rings is 1. The molecule has 0 radical (unpaired) electrons. The fourth-order valence-electron chi connectivity index (χ4n) is 2.96. The molecule has 0 bridgehead atoms. The summed E-state index contributed by atoms with van der Waals surface area (Å²) in [5.74, 6) is 1.81. The van der Waals surface area contributed by atoms with E-state index in [0.29, 0.717) is 12.3 Å². The normalized spacial score (nSPS) is 16.1. The highest BCUT2D eigenvalue weighted by Gasteiger charge is 2.24. The smallest absolute Gasteiger partial charge is 0.222 e. The van der Waals surface area contributed by atoms with Crippen LogP contribution in [-0.4, -0.2) is 33.9 Å². The number of carbonyl (C=O) groups excluding carboxylic acids is 1. The van der Waals surface area contributed by atoms with Crippen LogP contribution in [0.2, 0.25) is 0 Å². The van der Waals surface area contributed by atoms with Crippen LogP contribution in [0.4, 0.5) is 0 Å². The predicted octanol–water partition coefficient (Wildman–Crippen LogP) is 2.75. The molecule has 2 aromatic rings. The number of carbonyl (C=O) groups is 1. The maximum atomic E-state index is 12.3. The van der Waals surface area contributed by atoms with E-state index in [0.717, 1.165) is 38.2 Å². The summed E-state index contributed by atoms with van der Waals surface area (Å²) in [5, 5.41) is 0. The molecule has 1 N–H and O–H groups in total. The molecule has 4 heteroatoms. The molecule has 1 aromatic heterocycles. The Hall–Kier alpha value is -2.10. The molecule has 0 spiro atoms. The first-order valence-corrected chi connectivity index (χ1v) is 7.64. The number of aryl methyl sites for hydroxylation is 1. The minimum absolute atomic E-state index is 0.275. The van der Waals surface area contributed by atoms with Crippen molar-refractivity contribution in [3.63, 3.8) is 0 Å². The molecule has 110 valence electrons. The maximum Gasteiger partial charge on any atom is 0.222 e. The van der Waals surface area contributed by atoms with Crippen LogP contribution in [-0.2, 0) is 11.2 Å². The highest BCUT2D eigenvalue weighted by molar-refractivity contribution is 5.76. The summed E-state index contributed by atoms with van der Waals surface area (Å²) in [4.78, 5) is 21.8. The summed E-state index contributed by atoms with van der Waals surface area (Å²) in [6.07, 6.45) is 7.11. The average Bonchev–Trinajstić information content (AvgIpc) is 3.08. The summed E-state index contributed by atoms with van der Waals surface area (Å²) in [5.41, 5.74) is 1.23. The molecule has 1 fully saturated rings. The van der Waals surface area contributed by atoms with Crippen molar-refractivity contribution in [3.8, 4) is 0 Å². The van der Waals surface area contributed by atoms with Crippen LogP contribution >= 0.6 is 0 Å². The number of imidazole rings is 1. The molecule has 1 aliphatic rings. The van der Waals surface area contributed by atoms with Gasteiger partial charge in [-0.2, -0.15) is 0 Å². The van der Waals surface area contributed by atoms with Crippen molar-refractivity contribution in [3.05, 3.63) is 54.1 Å². The van der Waals surface area contributed by atoms with Gasteiger partial charge in [-0.25, -0.2) is 4.98 Å². The lowest BCUT2D eigenvalue weighted by Crippen LogP contribution is -2.38. The molecule has 21 heavy (non-hydrogen) atoms. The largest absolute Gasteiger partial charge is 0.348 e. The Kier molecular flexibility index (Phi) is 4.34.